The normalized spacial score (nSPS) is 15.2. The molecule has 1 atom stereocenters. The number of methoxy groups -OCH3 is 1. The number of rotatable bonds is 4. The van der Waals surface area contributed by atoms with Crippen LogP contribution in [-0.2, 0) is 4.79 Å². The first-order chi connectivity index (χ1) is 15.5. The zero-order chi connectivity index (χ0) is 22.2. The van der Waals surface area contributed by atoms with Crippen molar-refractivity contribution in [3.63, 3.8) is 0 Å². The van der Waals surface area contributed by atoms with Gasteiger partial charge in [0.2, 0.25) is 5.91 Å². The number of hydrogen-bond acceptors (Lipinski definition) is 7. The van der Waals surface area contributed by atoms with E-state index in [-0.39, 0.29) is 29.9 Å². The minimum Gasteiger partial charge on any atom is -0.508 e. The van der Waals surface area contributed by atoms with E-state index in [9.17, 15) is 9.90 Å². The van der Waals surface area contributed by atoms with E-state index >= 15 is 0 Å². The number of ether oxygens (including phenoxy) is 1. The lowest BCUT2D eigenvalue weighted by Crippen LogP contribution is -2.25. The average molecular weight is 428 g/mol. The third-order valence-electron chi connectivity index (χ3n) is 5.50. The second-order valence-corrected chi connectivity index (χ2v) is 7.53. The molecule has 0 spiro atoms. The van der Waals surface area contributed by atoms with Crippen molar-refractivity contribution in [2.75, 3.05) is 12.4 Å². The Morgan fingerprint density at radius 3 is 2.78 bits per heavy atom. The van der Waals surface area contributed by atoms with E-state index in [0.717, 1.165) is 22.4 Å². The molecular weight excluding hydrogens is 408 g/mol. The quantitative estimate of drug-likeness (QED) is 0.513. The standard InChI is InChI=1S/C23H20N6O3/c1-13-21-18(14-6-8-16(30)9-7-14)11-20(31)26-22(21)29(28-13)23-25-19(12-24-27-23)15-4-3-5-17(10-15)32-2/h3-10,12,18,30H,11H2,1-2H3,(H,26,31)/t18-/m1/s1. The number of fused-ring (bicyclic) bond motifs is 1. The molecule has 9 heteroatoms. The van der Waals surface area contributed by atoms with E-state index < -0.39 is 0 Å². The summed E-state index contributed by atoms with van der Waals surface area (Å²) in [6.07, 6.45) is 1.85. The summed E-state index contributed by atoms with van der Waals surface area (Å²) in [6.45, 7) is 1.89. The lowest BCUT2D eigenvalue weighted by Gasteiger charge is -2.24. The first-order valence-electron chi connectivity index (χ1n) is 10.1. The molecule has 32 heavy (non-hydrogen) atoms. The number of hydrogen-bond donors (Lipinski definition) is 2. The van der Waals surface area contributed by atoms with Crippen molar-refractivity contribution in [2.24, 2.45) is 0 Å². The summed E-state index contributed by atoms with van der Waals surface area (Å²) in [4.78, 5) is 17.2. The molecule has 2 aromatic carbocycles. The fourth-order valence-electron chi connectivity index (χ4n) is 3.99. The number of carbonyl (C=O) groups is 1. The van der Waals surface area contributed by atoms with E-state index in [0.29, 0.717) is 17.3 Å². The molecule has 5 rings (SSSR count). The molecule has 9 nitrogen and oxygen atoms in total. The number of nitrogens with one attached hydrogen (secondary N) is 1. The van der Waals surface area contributed by atoms with E-state index in [1.165, 1.54) is 4.68 Å². The molecule has 0 saturated carbocycles. The first kappa shape index (κ1) is 19.7. The zero-order valence-corrected chi connectivity index (χ0v) is 17.5. The van der Waals surface area contributed by atoms with Crippen LogP contribution < -0.4 is 10.1 Å². The molecule has 1 aliphatic rings. The Kier molecular flexibility index (Phi) is 4.78. The van der Waals surface area contributed by atoms with Crippen molar-refractivity contribution >= 4 is 11.7 Å². The van der Waals surface area contributed by atoms with E-state index in [4.69, 9.17) is 4.74 Å². The first-order valence-corrected chi connectivity index (χ1v) is 10.1. The van der Waals surface area contributed by atoms with Crippen LogP contribution in [0.5, 0.6) is 11.5 Å². The summed E-state index contributed by atoms with van der Waals surface area (Å²) >= 11 is 0. The van der Waals surface area contributed by atoms with E-state index in [2.05, 4.69) is 25.6 Å². The van der Waals surface area contributed by atoms with Gasteiger partial charge in [-0.15, -0.1) is 5.10 Å². The van der Waals surface area contributed by atoms with Gasteiger partial charge in [0.05, 0.1) is 24.7 Å². The van der Waals surface area contributed by atoms with Gasteiger partial charge in [0.1, 0.15) is 17.3 Å². The Hall–Kier alpha value is -4.27. The molecule has 0 saturated heterocycles. The van der Waals surface area contributed by atoms with Gasteiger partial charge in [-0.2, -0.15) is 14.9 Å². The summed E-state index contributed by atoms with van der Waals surface area (Å²) in [5, 5.41) is 25.4. The number of carbonyl (C=O) groups excluding carboxylic acids is 1. The molecule has 0 unspecified atom stereocenters. The number of aryl methyl sites for hydroxylation is 1. The Morgan fingerprint density at radius 1 is 1.19 bits per heavy atom. The molecule has 0 bridgehead atoms. The number of amides is 1. The van der Waals surface area contributed by atoms with Crippen LogP contribution in [-0.4, -0.2) is 43.1 Å². The van der Waals surface area contributed by atoms with Gasteiger partial charge in [0, 0.05) is 23.5 Å². The zero-order valence-electron chi connectivity index (χ0n) is 17.5. The van der Waals surface area contributed by atoms with Crippen molar-refractivity contribution in [1.82, 2.24) is 25.0 Å². The van der Waals surface area contributed by atoms with Crippen molar-refractivity contribution in [2.45, 2.75) is 19.3 Å². The van der Waals surface area contributed by atoms with Gasteiger partial charge in [-0.1, -0.05) is 24.3 Å². The smallest absolute Gasteiger partial charge is 0.272 e. The molecule has 1 amide bonds. The molecule has 2 N–H and O–H groups in total. The molecule has 2 aromatic heterocycles. The lowest BCUT2D eigenvalue weighted by atomic mass is 9.86. The van der Waals surface area contributed by atoms with Gasteiger partial charge in [-0.25, -0.2) is 4.98 Å². The Labute approximate surface area is 183 Å². The van der Waals surface area contributed by atoms with Crippen molar-refractivity contribution in [1.29, 1.82) is 0 Å². The Balaban J connectivity index is 1.60. The van der Waals surface area contributed by atoms with Crippen LogP contribution in [0.2, 0.25) is 0 Å². The highest BCUT2D eigenvalue weighted by Crippen LogP contribution is 2.40. The van der Waals surface area contributed by atoms with Crippen LogP contribution in [0.1, 0.15) is 29.2 Å². The number of anilines is 1. The van der Waals surface area contributed by atoms with Gasteiger partial charge in [0.15, 0.2) is 0 Å². The van der Waals surface area contributed by atoms with Gasteiger partial charge < -0.3 is 15.2 Å². The van der Waals surface area contributed by atoms with Crippen LogP contribution in [0.3, 0.4) is 0 Å². The third-order valence-corrected chi connectivity index (χ3v) is 5.50. The number of aromatic hydroxyl groups is 1. The van der Waals surface area contributed by atoms with Gasteiger partial charge in [-0.05, 0) is 36.8 Å². The molecule has 160 valence electrons. The van der Waals surface area contributed by atoms with Crippen LogP contribution >= 0.6 is 0 Å². The van der Waals surface area contributed by atoms with Crippen LogP contribution in [0.15, 0.2) is 54.7 Å². The average Bonchev–Trinajstić information content (AvgIpc) is 3.15. The summed E-state index contributed by atoms with van der Waals surface area (Å²) in [6, 6.07) is 14.4. The van der Waals surface area contributed by atoms with Gasteiger partial charge in [-0.3, -0.25) is 4.79 Å². The van der Waals surface area contributed by atoms with E-state index in [1.807, 2.05) is 43.3 Å². The summed E-state index contributed by atoms with van der Waals surface area (Å²) < 4.78 is 6.82. The minimum absolute atomic E-state index is 0.131. The van der Waals surface area contributed by atoms with Crippen molar-refractivity contribution < 1.29 is 14.6 Å². The maximum atomic E-state index is 12.6. The number of benzene rings is 2. The Bertz CT molecular complexity index is 1320. The molecule has 1 aliphatic heterocycles. The fraction of sp³-hybridized carbons (Fsp3) is 0.174. The SMILES string of the molecule is COc1cccc(-c2cnnc(-n3nc(C)c4c3NC(=O)C[C@@H]4c3ccc(O)cc3)n2)c1. The lowest BCUT2D eigenvalue weighted by molar-refractivity contribution is -0.116. The summed E-state index contributed by atoms with van der Waals surface area (Å²) in [7, 11) is 1.61. The summed E-state index contributed by atoms with van der Waals surface area (Å²) in [5.74, 6) is 1.34. The van der Waals surface area contributed by atoms with Gasteiger partial charge >= 0.3 is 0 Å². The maximum Gasteiger partial charge on any atom is 0.272 e. The molecule has 4 aromatic rings. The highest BCUT2D eigenvalue weighted by Gasteiger charge is 2.33. The largest absolute Gasteiger partial charge is 0.508 e. The molecule has 0 fully saturated rings. The molecule has 0 aliphatic carbocycles. The van der Waals surface area contributed by atoms with Crippen molar-refractivity contribution in [3.8, 4) is 28.7 Å². The number of nitrogens with zero attached hydrogens (tertiary/aromatic N) is 5. The highest BCUT2D eigenvalue weighted by molar-refractivity contribution is 5.95. The monoisotopic (exact) mass is 428 g/mol. The predicted molar refractivity (Wildman–Crippen MR) is 117 cm³/mol. The third kappa shape index (κ3) is 3.43. The topological polar surface area (TPSA) is 115 Å². The van der Waals surface area contributed by atoms with E-state index in [1.54, 1.807) is 25.4 Å². The predicted octanol–water partition coefficient (Wildman–Crippen LogP) is 3.22. The molecule has 3 heterocycles. The van der Waals surface area contributed by atoms with Crippen LogP contribution in [0.4, 0.5) is 5.82 Å². The number of phenolic OH excluding ortho intramolecular Hbond substituents is 1. The Morgan fingerprint density at radius 2 is 2.00 bits per heavy atom. The fourth-order valence-corrected chi connectivity index (χ4v) is 3.99. The van der Waals surface area contributed by atoms with Gasteiger partial charge in [0.25, 0.3) is 5.95 Å². The maximum absolute atomic E-state index is 12.6. The van der Waals surface area contributed by atoms with Crippen molar-refractivity contribution in [3.05, 3.63) is 71.5 Å². The minimum atomic E-state index is -0.192. The number of aromatic nitrogens is 5. The second kappa shape index (κ2) is 7.77. The molecular formula is C23H20N6O3. The number of phenols is 1. The summed E-state index contributed by atoms with van der Waals surface area (Å²) in [5.41, 5.74) is 4.00. The van der Waals surface area contributed by atoms with Crippen LogP contribution in [0, 0.1) is 6.92 Å². The molecule has 0 radical (unpaired) electrons. The second-order valence-electron chi connectivity index (χ2n) is 7.53. The van der Waals surface area contributed by atoms with Crippen LogP contribution in [0.25, 0.3) is 17.2 Å². The highest BCUT2D eigenvalue weighted by atomic mass is 16.5.